The minimum Gasteiger partial charge on any atom is -0.350 e. The molecule has 4 aromatic heterocycles. The Morgan fingerprint density at radius 3 is 2.85 bits per heavy atom. The van der Waals surface area contributed by atoms with Gasteiger partial charge >= 0.3 is 0 Å². The number of nitrogens with zero attached hydrogens (tertiary/aromatic N) is 5. The molecule has 166 valence electrons. The van der Waals surface area contributed by atoms with Gasteiger partial charge in [0.05, 0.1) is 52.0 Å². The van der Waals surface area contributed by atoms with Crippen LogP contribution in [0.3, 0.4) is 0 Å². The summed E-state index contributed by atoms with van der Waals surface area (Å²) in [6, 6.07) is 3.62. The van der Waals surface area contributed by atoms with Crippen molar-refractivity contribution in [2.75, 3.05) is 5.32 Å². The van der Waals surface area contributed by atoms with Crippen LogP contribution in [0.15, 0.2) is 43.1 Å². The van der Waals surface area contributed by atoms with Gasteiger partial charge in [-0.2, -0.15) is 5.10 Å². The maximum atomic E-state index is 15.6. The summed E-state index contributed by atoms with van der Waals surface area (Å²) in [4.78, 5) is 20.7. The fourth-order valence-electron chi connectivity index (χ4n) is 4.07. The zero-order valence-corrected chi connectivity index (χ0v) is 17.9. The van der Waals surface area contributed by atoms with E-state index in [2.05, 4.69) is 25.5 Å². The highest BCUT2D eigenvalue weighted by molar-refractivity contribution is 6.35. The highest BCUT2D eigenvalue weighted by Crippen LogP contribution is 2.42. The first-order chi connectivity index (χ1) is 15.9. The van der Waals surface area contributed by atoms with Crippen LogP contribution in [0.5, 0.6) is 0 Å². The molecule has 1 aliphatic carbocycles. The smallest absolute Gasteiger partial charge is 0.231 e. The molecule has 1 aliphatic rings. The number of H-pyrrole nitrogens is 1. The SMILES string of the molecule is Cn1cccc1-c1c(F)c(Cl)c(-c2cn3cc(NC(=O)[C@@H]4C[C@@H]4F)nc3cn2)c2cn[nH]c12. The van der Waals surface area contributed by atoms with Gasteiger partial charge in [0.25, 0.3) is 0 Å². The molecule has 0 saturated heterocycles. The number of fused-ring (bicyclic) bond motifs is 2. The van der Waals surface area contributed by atoms with Gasteiger partial charge in [0.1, 0.15) is 6.17 Å². The fraction of sp³-hybridized carbons (Fsp3) is 0.182. The van der Waals surface area contributed by atoms with E-state index in [0.29, 0.717) is 39.1 Å². The Bertz CT molecular complexity index is 1570. The van der Waals surface area contributed by atoms with Gasteiger partial charge in [0, 0.05) is 30.4 Å². The molecule has 0 radical (unpaired) electrons. The van der Waals surface area contributed by atoms with Crippen LogP contribution in [-0.4, -0.2) is 41.2 Å². The zero-order valence-electron chi connectivity index (χ0n) is 17.2. The molecule has 1 saturated carbocycles. The van der Waals surface area contributed by atoms with E-state index < -0.39 is 23.8 Å². The van der Waals surface area contributed by atoms with E-state index in [9.17, 15) is 9.18 Å². The predicted octanol–water partition coefficient (Wildman–Crippen LogP) is 4.37. The van der Waals surface area contributed by atoms with Gasteiger partial charge in [-0.1, -0.05) is 11.6 Å². The van der Waals surface area contributed by atoms with Crippen LogP contribution in [-0.2, 0) is 11.8 Å². The third kappa shape index (κ3) is 3.09. The molecule has 4 heterocycles. The summed E-state index contributed by atoms with van der Waals surface area (Å²) in [7, 11) is 1.82. The van der Waals surface area contributed by atoms with Crippen LogP contribution in [0.25, 0.3) is 39.1 Å². The number of aryl methyl sites for hydroxylation is 1. The minimum atomic E-state index is -1.09. The van der Waals surface area contributed by atoms with Gasteiger partial charge in [-0.3, -0.25) is 14.9 Å². The number of carbonyl (C=O) groups is 1. The van der Waals surface area contributed by atoms with Crippen molar-refractivity contribution in [3.05, 3.63) is 54.0 Å². The highest BCUT2D eigenvalue weighted by Gasteiger charge is 2.43. The van der Waals surface area contributed by atoms with Crippen LogP contribution < -0.4 is 5.32 Å². The van der Waals surface area contributed by atoms with Crippen LogP contribution in [0.4, 0.5) is 14.6 Å². The summed E-state index contributed by atoms with van der Waals surface area (Å²) < 4.78 is 32.1. The van der Waals surface area contributed by atoms with Crippen LogP contribution in [0, 0.1) is 11.7 Å². The van der Waals surface area contributed by atoms with E-state index >= 15 is 4.39 Å². The minimum absolute atomic E-state index is 0.0803. The van der Waals surface area contributed by atoms with E-state index in [-0.39, 0.29) is 17.3 Å². The maximum absolute atomic E-state index is 15.6. The van der Waals surface area contributed by atoms with E-state index in [1.54, 1.807) is 33.6 Å². The number of aromatic amines is 1. The Balaban J connectivity index is 1.46. The molecular formula is C22H16ClF2N7O. The third-order valence-electron chi connectivity index (χ3n) is 5.89. The second kappa shape index (κ2) is 7.11. The van der Waals surface area contributed by atoms with Crippen molar-refractivity contribution in [1.29, 1.82) is 0 Å². The molecule has 8 nitrogen and oxygen atoms in total. The van der Waals surface area contributed by atoms with Crippen molar-refractivity contribution >= 4 is 39.9 Å². The average Bonchev–Trinajstić information content (AvgIpc) is 3.16. The Morgan fingerprint density at radius 1 is 1.30 bits per heavy atom. The number of imidazole rings is 1. The quantitative estimate of drug-likeness (QED) is 0.410. The van der Waals surface area contributed by atoms with Crippen molar-refractivity contribution in [3.8, 4) is 22.5 Å². The van der Waals surface area contributed by atoms with E-state index in [1.165, 1.54) is 6.20 Å². The van der Waals surface area contributed by atoms with Gasteiger partial charge in [0.2, 0.25) is 5.91 Å². The third-order valence-corrected chi connectivity index (χ3v) is 6.24. The summed E-state index contributed by atoms with van der Waals surface area (Å²) in [6.07, 6.45) is 7.26. The molecule has 6 rings (SSSR count). The molecule has 1 fully saturated rings. The van der Waals surface area contributed by atoms with Gasteiger partial charge in [-0.15, -0.1) is 0 Å². The first-order valence-corrected chi connectivity index (χ1v) is 10.6. The highest BCUT2D eigenvalue weighted by atomic mass is 35.5. The van der Waals surface area contributed by atoms with E-state index in [1.807, 2.05) is 19.3 Å². The monoisotopic (exact) mass is 467 g/mol. The molecule has 11 heteroatoms. The number of carbonyl (C=O) groups excluding carboxylic acids is 1. The molecule has 2 N–H and O–H groups in total. The number of hydrogen-bond donors (Lipinski definition) is 2. The molecule has 5 aromatic rings. The Kier molecular flexibility index (Phi) is 4.28. The maximum Gasteiger partial charge on any atom is 0.231 e. The molecule has 0 spiro atoms. The standard InChI is InChI=1S/C22H16ClF2N7O/c1-31-4-2-3-14(31)18-20(25)19(23)17(11-6-27-30-21(11)18)13-8-32-9-15(28-16(32)7-26-13)29-22(33)10-5-12(10)24/h2-4,6-10,12H,5H2,1H3,(H,27,30)(H,29,33)/t10-,12+/m1/s1. The Hall–Kier alpha value is -3.79. The molecule has 33 heavy (non-hydrogen) atoms. The Labute approximate surface area is 190 Å². The fourth-order valence-corrected chi connectivity index (χ4v) is 4.36. The number of anilines is 1. The number of alkyl halides is 1. The Morgan fingerprint density at radius 2 is 2.12 bits per heavy atom. The van der Waals surface area contributed by atoms with E-state index in [4.69, 9.17) is 11.6 Å². The number of halogens is 3. The lowest BCUT2D eigenvalue weighted by Crippen LogP contribution is -2.15. The van der Waals surface area contributed by atoms with Crippen molar-refractivity contribution in [2.45, 2.75) is 12.6 Å². The zero-order chi connectivity index (χ0) is 22.9. The van der Waals surface area contributed by atoms with Gasteiger partial charge in [0.15, 0.2) is 17.3 Å². The largest absolute Gasteiger partial charge is 0.350 e. The summed E-state index contributed by atoms with van der Waals surface area (Å²) in [5.41, 5.74) is 2.72. The number of rotatable bonds is 4. The van der Waals surface area contributed by atoms with Crippen molar-refractivity contribution in [2.24, 2.45) is 13.0 Å². The van der Waals surface area contributed by atoms with Crippen LogP contribution >= 0.6 is 11.6 Å². The van der Waals surface area contributed by atoms with Crippen LogP contribution in [0.2, 0.25) is 5.02 Å². The first-order valence-electron chi connectivity index (χ1n) is 10.2. The second-order valence-electron chi connectivity index (χ2n) is 8.05. The summed E-state index contributed by atoms with van der Waals surface area (Å²) >= 11 is 6.54. The van der Waals surface area contributed by atoms with Crippen molar-refractivity contribution < 1.29 is 13.6 Å². The number of amides is 1. The second-order valence-corrected chi connectivity index (χ2v) is 8.43. The molecule has 0 bridgehead atoms. The first kappa shape index (κ1) is 19.9. The lowest BCUT2D eigenvalue weighted by atomic mass is 10.0. The van der Waals surface area contributed by atoms with E-state index in [0.717, 1.165) is 0 Å². The molecule has 0 aliphatic heterocycles. The topological polar surface area (TPSA) is 92.9 Å². The van der Waals surface area contributed by atoms with Crippen molar-refractivity contribution in [3.63, 3.8) is 0 Å². The molecule has 0 unspecified atom stereocenters. The molecular weight excluding hydrogens is 452 g/mol. The summed E-state index contributed by atoms with van der Waals surface area (Å²) in [5, 5.41) is 10.1. The van der Waals surface area contributed by atoms with Crippen molar-refractivity contribution in [1.82, 2.24) is 29.1 Å². The number of aromatic nitrogens is 6. The van der Waals surface area contributed by atoms with Gasteiger partial charge in [-0.25, -0.2) is 13.8 Å². The number of hydrogen-bond acceptors (Lipinski definition) is 4. The molecule has 1 amide bonds. The van der Waals surface area contributed by atoms with Gasteiger partial charge < -0.3 is 14.3 Å². The van der Waals surface area contributed by atoms with Crippen LogP contribution in [0.1, 0.15) is 6.42 Å². The lowest BCUT2D eigenvalue weighted by Gasteiger charge is -2.13. The summed E-state index contributed by atoms with van der Waals surface area (Å²) in [6.45, 7) is 0. The molecule has 2 atom stereocenters. The normalized spacial score (nSPS) is 17.7. The summed E-state index contributed by atoms with van der Waals surface area (Å²) in [5.74, 6) is -1.33. The number of nitrogens with one attached hydrogen (secondary N) is 2. The predicted molar refractivity (Wildman–Crippen MR) is 119 cm³/mol. The van der Waals surface area contributed by atoms with Gasteiger partial charge in [-0.05, 0) is 18.6 Å². The number of benzene rings is 1. The lowest BCUT2D eigenvalue weighted by molar-refractivity contribution is -0.117. The molecule has 1 aromatic carbocycles. The average molecular weight is 468 g/mol.